The van der Waals surface area contributed by atoms with Crippen molar-refractivity contribution in [3.05, 3.63) is 106 Å². The maximum Gasteiger partial charge on any atom is 0.316 e. The van der Waals surface area contributed by atoms with Crippen molar-refractivity contribution in [2.45, 2.75) is 57.4 Å². The maximum atomic E-state index is 12.4. The summed E-state index contributed by atoms with van der Waals surface area (Å²) in [6.07, 6.45) is 3.64. The Morgan fingerprint density at radius 2 is 1.61 bits per heavy atom. The van der Waals surface area contributed by atoms with E-state index in [4.69, 9.17) is 9.26 Å². The van der Waals surface area contributed by atoms with Crippen LogP contribution >= 0.6 is 0 Å². The summed E-state index contributed by atoms with van der Waals surface area (Å²) in [7, 11) is 0. The minimum Gasteiger partial charge on any atom is -0.465 e. The highest BCUT2D eigenvalue weighted by molar-refractivity contribution is 5.87. The van der Waals surface area contributed by atoms with Gasteiger partial charge >= 0.3 is 5.97 Å². The number of rotatable bonds is 11. The van der Waals surface area contributed by atoms with Crippen molar-refractivity contribution in [3.63, 3.8) is 0 Å². The third-order valence-electron chi connectivity index (χ3n) is 7.52. The Labute approximate surface area is 223 Å². The third kappa shape index (κ3) is 5.30. The average Bonchev–Trinajstić information content (AvgIpc) is 3.70. The molecule has 1 fully saturated rings. The molecule has 6 heteroatoms. The second-order valence-corrected chi connectivity index (χ2v) is 10.0. The smallest absolute Gasteiger partial charge is 0.316 e. The number of hydrogen-bond donors (Lipinski definition) is 0. The molecule has 38 heavy (non-hydrogen) atoms. The van der Waals surface area contributed by atoms with Crippen LogP contribution in [-0.4, -0.2) is 23.8 Å². The number of nitrogens with zero attached hydrogens (tertiary/aromatic N) is 2. The van der Waals surface area contributed by atoms with Crippen LogP contribution in [0.1, 0.15) is 48.6 Å². The maximum absolute atomic E-state index is 12.4. The van der Waals surface area contributed by atoms with E-state index < -0.39 is 5.41 Å². The number of carbonyl (C=O) groups excluding carboxylic acids is 1. The number of esters is 1. The highest BCUT2D eigenvalue weighted by Crippen LogP contribution is 2.49. The summed E-state index contributed by atoms with van der Waals surface area (Å²) >= 11 is 0. The number of aromatic nitrogens is 1. The summed E-state index contributed by atoms with van der Waals surface area (Å²) in [5.41, 5.74) is 6.50. The van der Waals surface area contributed by atoms with E-state index in [1.807, 2.05) is 56.3 Å². The first-order valence-corrected chi connectivity index (χ1v) is 13.2. The van der Waals surface area contributed by atoms with Gasteiger partial charge in [0.25, 0.3) is 0 Å². The summed E-state index contributed by atoms with van der Waals surface area (Å²) in [6, 6.07) is 26.1. The number of benzene rings is 3. The van der Waals surface area contributed by atoms with Gasteiger partial charge in [-0.3, -0.25) is 4.79 Å². The van der Waals surface area contributed by atoms with Crippen molar-refractivity contribution >= 4 is 5.97 Å². The molecule has 0 radical (unpaired) electrons. The van der Waals surface area contributed by atoms with Crippen LogP contribution in [0, 0.1) is 11.8 Å². The molecule has 0 aliphatic heterocycles. The monoisotopic (exact) mass is 508 g/mol. The molecule has 1 heterocycles. The van der Waals surface area contributed by atoms with Gasteiger partial charge in [-0.25, -0.2) is 0 Å². The first-order valence-electron chi connectivity index (χ1n) is 13.2. The van der Waals surface area contributed by atoms with Crippen molar-refractivity contribution in [1.29, 1.82) is 0 Å². The SMILES string of the molecule is CCOC(=O)C1(c2ccc(-c3ccc(-c4onc(C)c4CC(CCc4ccccc4)N=O)cc3)cc2)CC1. The van der Waals surface area contributed by atoms with E-state index in [0.29, 0.717) is 25.2 Å². The lowest BCUT2D eigenvalue weighted by Crippen LogP contribution is -2.23. The van der Waals surface area contributed by atoms with E-state index >= 15 is 0 Å². The van der Waals surface area contributed by atoms with Gasteiger partial charge in [-0.2, -0.15) is 4.91 Å². The van der Waals surface area contributed by atoms with E-state index in [9.17, 15) is 9.70 Å². The van der Waals surface area contributed by atoms with Gasteiger partial charge in [-0.1, -0.05) is 89.2 Å². The minimum absolute atomic E-state index is 0.123. The quantitative estimate of drug-likeness (QED) is 0.158. The first kappa shape index (κ1) is 25.6. The van der Waals surface area contributed by atoms with Crippen LogP contribution in [0.25, 0.3) is 22.5 Å². The molecule has 5 rings (SSSR count). The summed E-state index contributed by atoms with van der Waals surface area (Å²) in [4.78, 5) is 24.1. The van der Waals surface area contributed by atoms with Crippen LogP contribution in [-0.2, 0) is 27.8 Å². The molecule has 3 aromatic carbocycles. The van der Waals surface area contributed by atoms with Gasteiger partial charge in [-0.05, 0) is 61.8 Å². The second-order valence-electron chi connectivity index (χ2n) is 10.0. The molecule has 1 aliphatic carbocycles. The molecular formula is C32H32N2O4. The zero-order valence-electron chi connectivity index (χ0n) is 21.9. The van der Waals surface area contributed by atoms with Crippen LogP contribution in [0.4, 0.5) is 0 Å². The molecule has 1 aromatic heterocycles. The van der Waals surface area contributed by atoms with Gasteiger partial charge in [0.1, 0.15) is 0 Å². The van der Waals surface area contributed by atoms with Gasteiger partial charge in [0, 0.05) is 17.5 Å². The predicted molar refractivity (Wildman–Crippen MR) is 148 cm³/mol. The summed E-state index contributed by atoms with van der Waals surface area (Å²) in [5.74, 6) is 0.560. The lowest BCUT2D eigenvalue weighted by molar-refractivity contribution is -0.146. The molecule has 1 aliphatic rings. The Balaban J connectivity index is 1.29. The molecule has 4 aromatic rings. The summed E-state index contributed by atoms with van der Waals surface area (Å²) in [5, 5.41) is 7.60. The van der Waals surface area contributed by atoms with Crippen molar-refractivity contribution in [2.75, 3.05) is 6.61 Å². The molecule has 6 nitrogen and oxygen atoms in total. The van der Waals surface area contributed by atoms with E-state index in [1.54, 1.807) is 0 Å². The number of hydrogen-bond acceptors (Lipinski definition) is 6. The number of ether oxygens (including phenoxy) is 1. The predicted octanol–water partition coefficient (Wildman–Crippen LogP) is 7.22. The fraction of sp³-hybridized carbons (Fsp3) is 0.312. The molecule has 0 amide bonds. The third-order valence-corrected chi connectivity index (χ3v) is 7.52. The van der Waals surface area contributed by atoms with E-state index in [0.717, 1.165) is 52.8 Å². The minimum atomic E-state index is -0.464. The van der Waals surface area contributed by atoms with E-state index in [2.05, 4.69) is 46.7 Å². The largest absolute Gasteiger partial charge is 0.465 e. The van der Waals surface area contributed by atoms with Gasteiger partial charge in [0.15, 0.2) is 5.76 Å². The topological polar surface area (TPSA) is 81.8 Å². The molecule has 1 atom stereocenters. The van der Waals surface area contributed by atoms with Crippen molar-refractivity contribution in [3.8, 4) is 22.5 Å². The molecule has 0 saturated heterocycles. The molecule has 1 unspecified atom stereocenters. The van der Waals surface area contributed by atoms with Crippen molar-refractivity contribution < 1.29 is 14.1 Å². The zero-order valence-corrected chi connectivity index (χ0v) is 21.9. The molecule has 0 bridgehead atoms. The van der Waals surface area contributed by atoms with Crippen molar-refractivity contribution in [1.82, 2.24) is 5.16 Å². The Morgan fingerprint density at radius 1 is 0.974 bits per heavy atom. The summed E-state index contributed by atoms with van der Waals surface area (Å²) in [6.45, 7) is 4.14. The number of nitroso groups, excluding NO2 is 1. The second kappa shape index (κ2) is 11.1. The highest BCUT2D eigenvalue weighted by Gasteiger charge is 2.52. The molecule has 194 valence electrons. The fourth-order valence-electron chi connectivity index (χ4n) is 5.06. The first-order chi connectivity index (χ1) is 18.5. The van der Waals surface area contributed by atoms with Crippen LogP contribution in [0.3, 0.4) is 0 Å². The Bertz CT molecular complexity index is 1390. The van der Waals surface area contributed by atoms with Crippen LogP contribution in [0.5, 0.6) is 0 Å². The lowest BCUT2D eigenvalue weighted by Gasteiger charge is -2.14. The van der Waals surface area contributed by atoms with Gasteiger partial charge in [0.2, 0.25) is 0 Å². The Morgan fingerprint density at radius 3 is 2.21 bits per heavy atom. The van der Waals surface area contributed by atoms with Crippen molar-refractivity contribution in [2.24, 2.45) is 5.18 Å². The fourth-order valence-corrected chi connectivity index (χ4v) is 5.06. The highest BCUT2D eigenvalue weighted by atomic mass is 16.5. The van der Waals surface area contributed by atoms with Crippen LogP contribution in [0.2, 0.25) is 0 Å². The van der Waals surface area contributed by atoms with Crippen LogP contribution < -0.4 is 0 Å². The standard InChI is InChI=1S/C32H32N2O4/c1-3-37-31(35)32(19-20-32)27-16-14-25(15-17-27)24-10-12-26(13-11-24)30-29(22(2)34-38-30)21-28(33-36)18-9-23-7-5-4-6-8-23/h4-8,10-17,28H,3,9,18-21H2,1-2H3. The number of carbonyl (C=O) groups is 1. The summed E-state index contributed by atoms with van der Waals surface area (Å²) < 4.78 is 11.0. The van der Waals surface area contributed by atoms with Gasteiger partial charge in [-0.15, -0.1) is 0 Å². The Kier molecular flexibility index (Phi) is 7.50. The Hall–Kier alpha value is -4.06. The average molecular weight is 509 g/mol. The molecule has 0 N–H and O–H groups in total. The molecule has 0 spiro atoms. The molecule has 1 saturated carbocycles. The van der Waals surface area contributed by atoms with Crippen LogP contribution in [0.15, 0.2) is 88.6 Å². The lowest BCUT2D eigenvalue weighted by atomic mass is 9.93. The van der Waals surface area contributed by atoms with E-state index in [1.165, 1.54) is 5.56 Å². The zero-order chi connectivity index (χ0) is 26.5. The number of aryl methyl sites for hydroxylation is 2. The normalized spacial score (nSPS) is 14.6. The van der Waals surface area contributed by atoms with Gasteiger partial charge in [0.05, 0.1) is 23.8 Å². The van der Waals surface area contributed by atoms with E-state index in [-0.39, 0.29) is 12.0 Å². The van der Waals surface area contributed by atoms with Gasteiger partial charge < -0.3 is 9.26 Å². The molecular weight excluding hydrogens is 476 g/mol.